The number of rotatable bonds is 14. The van der Waals surface area contributed by atoms with E-state index in [1.54, 1.807) is 50.4 Å². The van der Waals surface area contributed by atoms with Crippen molar-refractivity contribution in [3.63, 3.8) is 0 Å². The van der Waals surface area contributed by atoms with E-state index in [1.165, 1.54) is 54.7 Å². The third kappa shape index (κ3) is 14.3. The Balaban J connectivity index is 0.000000199. The second-order valence-corrected chi connectivity index (χ2v) is 16.0. The molecule has 0 spiro atoms. The number of carbonyl (C=O) groups excluding carboxylic acids is 4. The Labute approximate surface area is 393 Å². The van der Waals surface area contributed by atoms with Crippen molar-refractivity contribution in [2.24, 2.45) is 22.9 Å². The van der Waals surface area contributed by atoms with Gasteiger partial charge in [0.15, 0.2) is 5.82 Å². The minimum absolute atomic E-state index is 0.0409. The van der Waals surface area contributed by atoms with Crippen LogP contribution in [-0.2, 0) is 18.9 Å². The van der Waals surface area contributed by atoms with Crippen molar-refractivity contribution in [3.05, 3.63) is 126 Å². The Kier molecular flexibility index (Phi) is 16.6. The van der Waals surface area contributed by atoms with Crippen LogP contribution >= 0.6 is 11.6 Å². The molecule has 4 aromatic heterocycles. The fourth-order valence-corrected chi connectivity index (χ4v) is 5.55. The molecule has 0 saturated carbocycles. The van der Waals surface area contributed by atoms with Crippen LogP contribution < -0.4 is 48.5 Å². The number of hydrogen-bond donors (Lipinski definition) is 6. The van der Waals surface area contributed by atoms with E-state index < -0.39 is 42.8 Å². The first-order valence-corrected chi connectivity index (χ1v) is 20.7. The van der Waals surface area contributed by atoms with E-state index >= 15 is 0 Å². The molecule has 1 aliphatic rings. The lowest BCUT2D eigenvalue weighted by atomic mass is 9.80. The number of amides is 4. The monoisotopic (exact) mass is 954 g/mol. The van der Waals surface area contributed by atoms with E-state index in [4.69, 9.17) is 53.3 Å². The van der Waals surface area contributed by atoms with Gasteiger partial charge in [0.25, 0.3) is 11.8 Å². The van der Waals surface area contributed by atoms with Crippen LogP contribution in [0.4, 0.5) is 20.4 Å². The van der Waals surface area contributed by atoms with Gasteiger partial charge in [-0.1, -0.05) is 6.07 Å². The summed E-state index contributed by atoms with van der Waals surface area (Å²) in [7, 11) is -0.452. The van der Waals surface area contributed by atoms with E-state index in [0.29, 0.717) is 22.9 Å². The van der Waals surface area contributed by atoms with E-state index in [9.17, 15) is 28.0 Å². The Hall–Kier alpha value is -7.89. The first-order valence-electron chi connectivity index (χ1n) is 20.3. The van der Waals surface area contributed by atoms with E-state index in [2.05, 4.69) is 40.5 Å². The highest BCUT2D eigenvalue weighted by atomic mass is 35.5. The molecule has 24 heteroatoms. The van der Waals surface area contributed by atoms with Crippen LogP contribution in [0.15, 0.2) is 97.3 Å². The molecule has 10 N–H and O–H groups in total. The number of ether oxygens (including phenoxy) is 2. The summed E-state index contributed by atoms with van der Waals surface area (Å²) < 4.78 is 48.9. The molecule has 4 amide bonds. The SMILES string of the molecule is CC1(C)OB(c2ccc(Oc3ccc(F)cc3)nc2)OC1(C)C.C[C@H](Nc1cc(C(N)=O)nc(-c2ccc(Oc3ccc(F)cc3)nc2)n1)C(N)=O.C[C@H](Nc1cc(C(N)=O)nc(Cl)n1)C(N)=O. The third-order valence-corrected chi connectivity index (χ3v) is 10.0. The quantitative estimate of drug-likeness (QED) is 0.0638. The molecule has 2 aromatic carbocycles. The minimum atomic E-state index is -0.757. The fourth-order valence-electron chi connectivity index (χ4n) is 5.37. The normalized spacial score (nSPS) is 14.1. The average Bonchev–Trinajstić information content (AvgIpc) is 3.51. The first-order chi connectivity index (χ1) is 32.0. The summed E-state index contributed by atoms with van der Waals surface area (Å²) in [6, 6.07) is 19.3. The fraction of sp³-hybridized carbons (Fsp3) is 0.227. The van der Waals surface area contributed by atoms with Crippen LogP contribution in [0, 0.1) is 11.6 Å². The van der Waals surface area contributed by atoms with Crippen LogP contribution in [0.5, 0.6) is 23.3 Å². The molecule has 0 bridgehead atoms. The number of nitrogens with zero attached hydrogens (tertiary/aromatic N) is 6. The number of nitrogens with two attached hydrogens (primary N) is 4. The molecule has 7 rings (SSSR count). The van der Waals surface area contributed by atoms with Gasteiger partial charge in [-0.15, -0.1) is 0 Å². The predicted molar refractivity (Wildman–Crippen MR) is 247 cm³/mol. The van der Waals surface area contributed by atoms with Gasteiger partial charge in [-0.25, -0.2) is 38.7 Å². The molecule has 1 saturated heterocycles. The van der Waals surface area contributed by atoms with Crippen LogP contribution in [0.25, 0.3) is 11.4 Å². The van der Waals surface area contributed by atoms with Gasteiger partial charge in [-0.2, -0.15) is 0 Å². The Morgan fingerprint density at radius 2 is 1.07 bits per heavy atom. The second kappa shape index (κ2) is 22.1. The lowest BCUT2D eigenvalue weighted by Gasteiger charge is -2.32. The highest BCUT2D eigenvalue weighted by molar-refractivity contribution is 6.62. The summed E-state index contributed by atoms with van der Waals surface area (Å²) in [4.78, 5) is 68.7. The van der Waals surface area contributed by atoms with Gasteiger partial charge in [0, 0.05) is 47.7 Å². The van der Waals surface area contributed by atoms with Crippen molar-refractivity contribution in [1.82, 2.24) is 29.9 Å². The molecule has 68 heavy (non-hydrogen) atoms. The minimum Gasteiger partial charge on any atom is -0.439 e. The topological polar surface area (TPSA) is 311 Å². The van der Waals surface area contributed by atoms with Gasteiger partial charge in [-0.3, -0.25) is 19.2 Å². The van der Waals surface area contributed by atoms with Gasteiger partial charge in [0.2, 0.25) is 28.9 Å². The van der Waals surface area contributed by atoms with Crippen molar-refractivity contribution in [2.45, 2.75) is 64.8 Å². The predicted octanol–water partition coefficient (Wildman–Crippen LogP) is 4.68. The van der Waals surface area contributed by atoms with Crippen LogP contribution in [0.2, 0.25) is 5.28 Å². The zero-order valence-corrected chi connectivity index (χ0v) is 38.1. The van der Waals surface area contributed by atoms with Crippen molar-refractivity contribution in [3.8, 4) is 34.6 Å². The standard InChI is InChI=1S/C19H17FN6O3.C17H19BFNO3.C8H10ClN5O2/c1-10(17(21)27)24-15-8-14(18(22)28)25-19(26-15)11-2-7-16(23-9-11)29-13-5-3-12(20)4-6-13;1-16(2)17(3,4)23-18(22-16)12-5-10-15(20-11-12)21-14-8-6-13(19)7-9-14;1-3(6(10)15)12-5-2-4(7(11)16)13-8(9)14-5/h2-10H,1H3,(H2,21,27)(H2,22,28)(H,24,25,26);5-11H,1-4H3;2-3H,1H3,(H2,10,15)(H2,11,16)(H,12,13,14)/t10-;;3-/m0.0/s1. The number of benzene rings is 2. The molecule has 0 radical (unpaired) electrons. The number of carbonyl (C=O) groups is 4. The molecule has 354 valence electrons. The lowest BCUT2D eigenvalue weighted by Crippen LogP contribution is -2.41. The molecule has 5 heterocycles. The first kappa shape index (κ1) is 51.1. The zero-order valence-electron chi connectivity index (χ0n) is 37.4. The van der Waals surface area contributed by atoms with Crippen molar-refractivity contribution < 1.29 is 46.7 Å². The van der Waals surface area contributed by atoms with Crippen LogP contribution in [0.3, 0.4) is 0 Å². The number of halogens is 3. The summed E-state index contributed by atoms with van der Waals surface area (Å²) in [6.45, 7) is 11.1. The molecule has 1 aliphatic heterocycles. The molecule has 1 fully saturated rings. The number of pyridine rings is 2. The molecule has 2 atom stereocenters. The molecular formula is C44H46BClF2N12O8. The van der Waals surface area contributed by atoms with Crippen molar-refractivity contribution in [2.75, 3.05) is 10.6 Å². The van der Waals surface area contributed by atoms with Crippen molar-refractivity contribution in [1.29, 1.82) is 0 Å². The molecule has 20 nitrogen and oxygen atoms in total. The molecular weight excluding hydrogens is 909 g/mol. The van der Waals surface area contributed by atoms with Crippen LogP contribution in [0.1, 0.15) is 62.5 Å². The Morgan fingerprint density at radius 3 is 1.49 bits per heavy atom. The number of primary amides is 4. The number of aromatic nitrogens is 6. The maximum absolute atomic E-state index is 13.0. The van der Waals surface area contributed by atoms with E-state index in [-0.39, 0.29) is 62.8 Å². The van der Waals surface area contributed by atoms with Crippen molar-refractivity contribution >= 4 is 59.4 Å². The van der Waals surface area contributed by atoms with Gasteiger partial charge in [0.1, 0.15) is 58.2 Å². The van der Waals surface area contributed by atoms with Gasteiger partial charge < -0.3 is 52.4 Å². The Morgan fingerprint density at radius 1 is 0.632 bits per heavy atom. The smallest absolute Gasteiger partial charge is 0.439 e. The summed E-state index contributed by atoms with van der Waals surface area (Å²) >= 11 is 5.57. The second-order valence-electron chi connectivity index (χ2n) is 15.6. The zero-order chi connectivity index (χ0) is 49.9. The largest absolute Gasteiger partial charge is 0.496 e. The molecule has 0 unspecified atom stereocenters. The lowest BCUT2D eigenvalue weighted by molar-refractivity contribution is -0.119. The van der Waals surface area contributed by atoms with E-state index in [0.717, 1.165) is 5.46 Å². The van der Waals surface area contributed by atoms with Gasteiger partial charge >= 0.3 is 7.12 Å². The number of nitrogens with one attached hydrogen (secondary N) is 2. The molecule has 6 aromatic rings. The molecule has 0 aliphatic carbocycles. The summed E-state index contributed by atoms with van der Waals surface area (Å²) in [5, 5.41) is 5.30. The van der Waals surface area contributed by atoms with Gasteiger partial charge in [0.05, 0.1) is 11.2 Å². The van der Waals surface area contributed by atoms with Gasteiger partial charge in [-0.05, 0) is 108 Å². The number of hydrogen-bond acceptors (Lipinski definition) is 16. The van der Waals surface area contributed by atoms with Crippen LogP contribution in [-0.4, -0.2) is 83.9 Å². The highest BCUT2D eigenvalue weighted by Crippen LogP contribution is 2.36. The maximum atomic E-state index is 13.0. The summed E-state index contributed by atoms with van der Waals surface area (Å²) in [5.41, 5.74) is 21.1. The van der Waals surface area contributed by atoms with E-state index in [1.807, 2.05) is 33.8 Å². The third-order valence-electron chi connectivity index (χ3n) is 9.86. The average molecular weight is 955 g/mol. The summed E-state index contributed by atoms with van der Waals surface area (Å²) in [5.74, 6) is -1.08. The number of anilines is 2. The maximum Gasteiger partial charge on any atom is 0.496 e. The summed E-state index contributed by atoms with van der Waals surface area (Å²) in [6.07, 6.45) is 3.11. The Bertz CT molecular complexity index is 2730. The highest BCUT2D eigenvalue weighted by Gasteiger charge is 2.51.